The Kier molecular flexibility index (Phi) is 6.68. The Bertz CT molecular complexity index is 1680. The molecule has 8 nitrogen and oxygen atoms in total. The van der Waals surface area contributed by atoms with Gasteiger partial charge in [0.1, 0.15) is 0 Å². The van der Waals surface area contributed by atoms with E-state index in [2.05, 4.69) is 4.72 Å². The number of amides is 2. The van der Waals surface area contributed by atoms with Gasteiger partial charge in [0, 0.05) is 11.4 Å². The fourth-order valence-corrected chi connectivity index (χ4v) is 6.44. The molecule has 194 valence electrons. The molecular weight excluding hydrogens is 522 g/mol. The molecule has 0 saturated carbocycles. The first-order valence-electron chi connectivity index (χ1n) is 11.8. The molecule has 4 aromatic rings. The van der Waals surface area contributed by atoms with Crippen molar-refractivity contribution in [2.75, 3.05) is 22.4 Å². The average Bonchev–Trinajstić information content (AvgIpc) is 3.27. The maximum Gasteiger partial charge on any atom is 0.339 e. The van der Waals surface area contributed by atoms with E-state index >= 15 is 0 Å². The van der Waals surface area contributed by atoms with Crippen LogP contribution in [0, 0.1) is 0 Å². The number of carbonyl (C=O) groups is 1. The maximum absolute atomic E-state index is 13.6. The Morgan fingerprint density at radius 2 is 1.37 bits per heavy atom. The molecule has 38 heavy (non-hydrogen) atoms. The molecule has 0 bridgehead atoms. The first-order chi connectivity index (χ1) is 18.1. The van der Waals surface area contributed by atoms with Crippen molar-refractivity contribution >= 4 is 37.5 Å². The van der Waals surface area contributed by atoms with Crippen LogP contribution in [-0.4, -0.2) is 40.0 Å². The fraction of sp³-hybridized carbons (Fsp3) is 0.107. The average molecular weight is 548 g/mol. The van der Waals surface area contributed by atoms with Crippen LogP contribution in [0.2, 0.25) is 0 Å². The minimum absolute atomic E-state index is 0.0436. The summed E-state index contributed by atoms with van der Waals surface area (Å²) >= 11 is 0. The molecule has 1 N–H and O–H groups in total. The van der Waals surface area contributed by atoms with Crippen LogP contribution < -0.4 is 9.62 Å². The van der Waals surface area contributed by atoms with Gasteiger partial charge in [0.25, 0.3) is 10.0 Å². The molecule has 4 aromatic carbocycles. The summed E-state index contributed by atoms with van der Waals surface area (Å²) in [7, 11) is -7.46. The lowest BCUT2D eigenvalue weighted by atomic mass is 10.00. The van der Waals surface area contributed by atoms with Crippen LogP contribution >= 0.6 is 0 Å². The minimum atomic E-state index is -4.05. The Morgan fingerprint density at radius 1 is 0.737 bits per heavy atom. The van der Waals surface area contributed by atoms with E-state index in [9.17, 15) is 21.6 Å². The van der Waals surface area contributed by atoms with Crippen LogP contribution in [0.1, 0.15) is 11.6 Å². The summed E-state index contributed by atoms with van der Waals surface area (Å²) in [5.74, 6) is 0. The molecular formula is C28H25N3O5S2. The topological polar surface area (TPSA) is 104 Å². The molecule has 1 atom stereocenters. The van der Waals surface area contributed by atoms with Crippen molar-refractivity contribution in [3.05, 3.63) is 115 Å². The molecule has 0 radical (unpaired) electrons. The Balaban J connectivity index is 1.50. The molecule has 0 spiro atoms. The van der Waals surface area contributed by atoms with Gasteiger partial charge in [0.05, 0.1) is 23.7 Å². The van der Waals surface area contributed by atoms with Crippen molar-refractivity contribution in [3.8, 4) is 11.1 Å². The highest BCUT2D eigenvalue weighted by atomic mass is 32.2. The third-order valence-corrected chi connectivity index (χ3v) is 8.59. The second-order valence-corrected chi connectivity index (χ2v) is 12.5. The lowest BCUT2D eigenvalue weighted by molar-refractivity contribution is 0.239. The molecule has 1 fully saturated rings. The van der Waals surface area contributed by atoms with Gasteiger partial charge in [-0.25, -0.2) is 25.9 Å². The SMILES string of the molecule is CS(=O)(=O)Nc1cccc(-c2ccc(C3CN(S(=O)(=O)c4ccccc4)C(=O)N3c3ccccc3)cc2)c1. The normalized spacial score (nSPS) is 16.0. The zero-order valence-electron chi connectivity index (χ0n) is 20.4. The molecule has 5 rings (SSSR count). The van der Waals surface area contributed by atoms with Gasteiger partial charge in [-0.05, 0) is 53.1 Å². The van der Waals surface area contributed by atoms with Gasteiger partial charge in [-0.3, -0.25) is 9.62 Å². The molecule has 0 aromatic heterocycles. The van der Waals surface area contributed by atoms with E-state index in [-0.39, 0.29) is 11.4 Å². The summed E-state index contributed by atoms with van der Waals surface area (Å²) in [5.41, 5.74) is 3.46. The largest absolute Gasteiger partial charge is 0.339 e. The van der Waals surface area contributed by atoms with E-state index in [1.807, 2.05) is 36.4 Å². The van der Waals surface area contributed by atoms with Crippen molar-refractivity contribution in [3.63, 3.8) is 0 Å². The van der Waals surface area contributed by atoms with Gasteiger partial charge < -0.3 is 0 Å². The van der Waals surface area contributed by atoms with Gasteiger partial charge in [-0.15, -0.1) is 0 Å². The molecule has 1 aliphatic rings. The van der Waals surface area contributed by atoms with E-state index in [0.717, 1.165) is 27.3 Å². The number of sulfonamides is 2. The Morgan fingerprint density at radius 3 is 2.00 bits per heavy atom. The third-order valence-electron chi connectivity index (χ3n) is 6.23. The van der Waals surface area contributed by atoms with Crippen molar-refractivity contribution in [2.24, 2.45) is 0 Å². The molecule has 0 aliphatic carbocycles. The van der Waals surface area contributed by atoms with Gasteiger partial charge in [-0.1, -0.05) is 72.8 Å². The number of para-hydroxylation sites is 1. The highest BCUT2D eigenvalue weighted by Crippen LogP contribution is 2.37. The van der Waals surface area contributed by atoms with Crippen LogP contribution in [0.15, 0.2) is 114 Å². The number of carbonyl (C=O) groups excluding carboxylic acids is 1. The standard InChI is InChI=1S/C28H25N3O5S2/c1-37(33,34)29-24-10-8-9-23(19-24)21-15-17-22(18-16-21)27-20-30(38(35,36)26-13-6-3-7-14-26)28(32)31(27)25-11-4-2-5-12-25/h2-19,27,29H,20H2,1H3. The summed E-state index contributed by atoms with van der Waals surface area (Å²) < 4.78 is 53.4. The van der Waals surface area contributed by atoms with E-state index in [0.29, 0.717) is 11.4 Å². The lowest BCUT2D eigenvalue weighted by Gasteiger charge is -2.23. The van der Waals surface area contributed by atoms with Crippen molar-refractivity contribution in [1.82, 2.24) is 4.31 Å². The Labute approximate surface area is 222 Å². The quantitative estimate of drug-likeness (QED) is 0.347. The van der Waals surface area contributed by atoms with Gasteiger partial charge in [0.2, 0.25) is 10.0 Å². The summed E-state index contributed by atoms with van der Waals surface area (Å²) in [4.78, 5) is 15.1. The number of nitrogens with one attached hydrogen (secondary N) is 1. The van der Waals surface area contributed by atoms with E-state index in [1.54, 1.807) is 60.7 Å². The molecule has 10 heteroatoms. The number of nitrogens with zero attached hydrogens (tertiary/aromatic N) is 2. The van der Waals surface area contributed by atoms with E-state index in [4.69, 9.17) is 0 Å². The highest BCUT2D eigenvalue weighted by molar-refractivity contribution is 7.92. The first-order valence-corrected chi connectivity index (χ1v) is 15.1. The molecule has 1 aliphatic heterocycles. The van der Waals surface area contributed by atoms with Gasteiger partial charge >= 0.3 is 6.03 Å². The molecule has 2 amide bonds. The number of urea groups is 1. The smallest absolute Gasteiger partial charge is 0.284 e. The predicted molar refractivity (Wildman–Crippen MR) is 148 cm³/mol. The predicted octanol–water partition coefficient (Wildman–Crippen LogP) is 5.10. The number of hydrogen-bond donors (Lipinski definition) is 1. The summed E-state index contributed by atoms with van der Waals surface area (Å²) in [6, 6.07) is 30.2. The first kappa shape index (κ1) is 25.5. The van der Waals surface area contributed by atoms with Crippen molar-refractivity contribution < 1.29 is 21.6 Å². The van der Waals surface area contributed by atoms with Gasteiger partial charge in [0.15, 0.2) is 0 Å². The minimum Gasteiger partial charge on any atom is -0.284 e. The van der Waals surface area contributed by atoms with Gasteiger partial charge in [-0.2, -0.15) is 0 Å². The highest BCUT2D eigenvalue weighted by Gasteiger charge is 2.45. The lowest BCUT2D eigenvalue weighted by Crippen LogP contribution is -2.36. The molecule has 1 heterocycles. The second-order valence-electron chi connectivity index (χ2n) is 8.93. The van der Waals surface area contributed by atoms with Crippen molar-refractivity contribution in [1.29, 1.82) is 0 Å². The van der Waals surface area contributed by atoms with Crippen molar-refractivity contribution in [2.45, 2.75) is 10.9 Å². The Hall–Kier alpha value is -4.15. The van der Waals surface area contributed by atoms with E-state index in [1.165, 1.54) is 17.0 Å². The van der Waals surface area contributed by atoms with E-state index < -0.39 is 32.1 Å². The van der Waals surface area contributed by atoms with Crippen LogP contribution in [0.3, 0.4) is 0 Å². The zero-order chi connectivity index (χ0) is 26.9. The molecule has 1 unspecified atom stereocenters. The van der Waals surface area contributed by atoms with Crippen LogP contribution in [0.5, 0.6) is 0 Å². The number of anilines is 2. The second kappa shape index (κ2) is 9.96. The van der Waals surface area contributed by atoms with Crippen LogP contribution in [-0.2, 0) is 20.0 Å². The number of rotatable bonds is 7. The van der Waals surface area contributed by atoms with Crippen LogP contribution in [0.4, 0.5) is 16.2 Å². The molecule has 1 saturated heterocycles. The zero-order valence-corrected chi connectivity index (χ0v) is 22.1. The summed E-state index contributed by atoms with van der Waals surface area (Å²) in [5, 5.41) is 0. The monoisotopic (exact) mass is 547 g/mol. The maximum atomic E-state index is 13.6. The fourth-order valence-electron chi connectivity index (χ4n) is 4.50. The number of benzene rings is 4. The summed E-state index contributed by atoms with van der Waals surface area (Å²) in [6.45, 7) is -0.0436. The third kappa shape index (κ3) is 5.13. The number of hydrogen-bond acceptors (Lipinski definition) is 5. The summed E-state index contributed by atoms with van der Waals surface area (Å²) in [6.07, 6.45) is 1.09. The van der Waals surface area contributed by atoms with Crippen LogP contribution in [0.25, 0.3) is 11.1 Å².